The van der Waals surface area contributed by atoms with E-state index in [0.717, 1.165) is 44.9 Å². The summed E-state index contributed by atoms with van der Waals surface area (Å²) in [5, 5.41) is 10.1. The van der Waals surface area contributed by atoms with Crippen molar-refractivity contribution in [1.82, 2.24) is 0 Å². The van der Waals surface area contributed by atoms with Crippen LogP contribution in [0.1, 0.15) is 117 Å². The van der Waals surface area contributed by atoms with Crippen molar-refractivity contribution < 1.29 is 14.6 Å². The third kappa shape index (κ3) is 17.8. The van der Waals surface area contributed by atoms with Crippen molar-refractivity contribution >= 4 is 5.97 Å². The number of carbonyl (C=O) groups is 1. The van der Waals surface area contributed by atoms with Crippen LogP contribution in [0.3, 0.4) is 0 Å². The van der Waals surface area contributed by atoms with Crippen LogP contribution in [0.25, 0.3) is 0 Å². The molecule has 0 aliphatic carbocycles. The molecule has 152 valence electrons. The molecule has 1 N–H and O–H groups in total. The van der Waals surface area contributed by atoms with Gasteiger partial charge in [-0.3, -0.25) is 4.79 Å². The maximum atomic E-state index is 11.2. The minimum atomic E-state index is -0.799. The monoisotopic (exact) mass is 366 g/mol. The number of hydrogen-bond donors (Lipinski definition) is 1. The minimum absolute atomic E-state index is 0.0539. The van der Waals surface area contributed by atoms with Gasteiger partial charge in [-0.15, -0.1) is 5.92 Å². The Morgan fingerprint density at radius 2 is 1.42 bits per heavy atom. The summed E-state index contributed by atoms with van der Waals surface area (Å²) in [5.74, 6) is 6.11. The highest BCUT2D eigenvalue weighted by atomic mass is 16.5. The Labute approximate surface area is 162 Å². The second kappa shape index (κ2) is 17.4. The normalized spacial score (nSPS) is 12.9. The summed E-state index contributed by atoms with van der Waals surface area (Å²) in [7, 11) is 0. The quantitative estimate of drug-likeness (QED) is 0.202. The molecule has 0 aromatic carbocycles. The zero-order chi connectivity index (χ0) is 19.5. The van der Waals surface area contributed by atoms with E-state index in [1.807, 2.05) is 13.8 Å². The van der Waals surface area contributed by atoms with Crippen LogP contribution < -0.4 is 0 Å². The van der Waals surface area contributed by atoms with Crippen molar-refractivity contribution in [3.05, 3.63) is 0 Å². The smallest absolute Gasteiger partial charge is 0.305 e. The molecule has 0 bridgehead atoms. The molecule has 0 aliphatic heterocycles. The summed E-state index contributed by atoms with van der Waals surface area (Å²) < 4.78 is 4.92. The Kier molecular flexibility index (Phi) is 16.7. The molecule has 0 aromatic heterocycles. The lowest BCUT2D eigenvalue weighted by Crippen LogP contribution is -2.20. The molecule has 1 unspecified atom stereocenters. The number of esters is 1. The van der Waals surface area contributed by atoms with Gasteiger partial charge in [0.2, 0.25) is 0 Å². The fourth-order valence-electron chi connectivity index (χ4n) is 2.97. The molecule has 0 radical (unpaired) electrons. The second-order valence-corrected chi connectivity index (χ2v) is 7.52. The number of aliphatic hydroxyl groups is 1. The van der Waals surface area contributed by atoms with E-state index in [9.17, 15) is 9.90 Å². The van der Waals surface area contributed by atoms with Gasteiger partial charge in [0, 0.05) is 12.8 Å². The molecule has 26 heavy (non-hydrogen) atoms. The van der Waals surface area contributed by atoms with Crippen molar-refractivity contribution in [2.24, 2.45) is 0 Å². The molecule has 0 heterocycles. The molecule has 0 saturated carbocycles. The molecule has 0 aliphatic rings. The van der Waals surface area contributed by atoms with Gasteiger partial charge in [-0.05, 0) is 39.5 Å². The van der Waals surface area contributed by atoms with Crippen LogP contribution in [-0.2, 0) is 9.53 Å². The Hall–Kier alpha value is -1.01. The Morgan fingerprint density at radius 1 is 0.885 bits per heavy atom. The van der Waals surface area contributed by atoms with Crippen LogP contribution in [0.5, 0.6) is 0 Å². The van der Waals surface area contributed by atoms with Crippen molar-refractivity contribution in [3.63, 3.8) is 0 Å². The average Bonchev–Trinajstić information content (AvgIpc) is 2.60. The highest BCUT2D eigenvalue weighted by Crippen LogP contribution is 2.13. The van der Waals surface area contributed by atoms with Gasteiger partial charge < -0.3 is 9.84 Å². The fraction of sp³-hybridized carbons (Fsp3) is 0.870. The summed E-state index contributed by atoms with van der Waals surface area (Å²) in [4.78, 5) is 11.2. The van der Waals surface area contributed by atoms with Gasteiger partial charge in [0.05, 0.1) is 6.61 Å². The number of unbranched alkanes of at least 4 members (excludes halogenated alkanes) is 11. The third-order valence-corrected chi connectivity index (χ3v) is 4.61. The predicted octanol–water partition coefficient (Wildman–Crippen LogP) is 6.18. The number of hydrogen-bond acceptors (Lipinski definition) is 3. The molecule has 0 fully saturated rings. The zero-order valence-corrected chi connectivity index (χ0v) is 17.6. The number of rotatable bonds is 16. The average molecular weight is 367 g/mol. The van der Waals surface area contributed by atoms with E-state index in [4.69, 9.17) is 4.74 Å². The van der Waals surface area contributed by atoms with Crippen LogP contribution in [0.15, 0.2) is 0 Å². The van der Waals surface area contributed by atoms with Gasteiger partial charge in [-0.25, -0.2) is 0 Å². The first-order valence-electron chi connectivity index (χ1n) is 10.9. The van der Waals surface area contributed by atoms with E-state index >= 15 is 0 Å². The lowest BCUT2D eigenvalue weighted by molar-refractivity contribution is -0.143. The molecule has 3 heteroatoms. The summed E-state index contributed by atoms with van der Waals surface area (Å²) in [6.45, 7) is 6.30. The van der Waals surface area contributed by atoms with Crippen molar-refractivity contribution in [3.8, 4) is 11.8 Å². The van der Waals surface area contributed by atoms with E-state index in [2.05, 4.69) is 18.8 Å². The number of carbonyl (C=O) groups excluding carboxylic acids is 1. The molecule has 0 spiro atoms. The first-order valence-corrected chi connectivity index (χ1v) is 10.9. The second-order valence-electron chi connectivity index (χ2n) is 7.52. The van der Waals surface area contributed by atoms with E-state index < -0.39 is 5.60 Å². The molecule has 0 saturated heterocycles. The van der Waals surface area contributed by atoms with Gasteiger partial charge in [0.15, 0.2) is 0 Å². The standard InChI is InChI=1S/C23H42O3/c1-4-6-20-23(3,25)21-18-16-14-12-10-8-7-9-11-13-15-17-19-22(24)26-5-2/h25H,4-17,19-20H2,1-3H3. The van der Waals surface area contributed by atoms with Gasteiger partial charge in [0.1, 0.15) is 5.60 Å². The van der Waals surface area contributed by atoms with Crippen LogP contribution in [0, 0.1) is 11.8 Å². The van der Waals surface area contributed by atoms with Gasteiger partial charge >= 0.3 is 5.97 Å². The van der Waals surface area contributed by atoms with Crippen LogP contribution in [0.4, 0.5) is 0 Å². The maximum Gasteiger partial charge on any atom is 0.305 e. The molecular formula is C23H42O3. The minimum Gasteiger partial charge on any atom is -0.466 e. The Balaban J connectivity index is 3.33. The summed E-state index contributed by atoms with van der Waals surface area (Å²) in [6, 6.07) is 0. The lowest BCUT2D eigenvalue weighted by Gasteiger charge is -2.15. The fourth-order valence-corrected chi connectivity index (χ4v) is 2.97. The van der Waals surface area contributed by atoms with Gasteiger partial charge in [-0.1, -0.05) is 70.6 Å². The van der Waals surface area contributed by atoms with Crippen LogP contribution >= 0.6 is 0 Å². The zero-order valence-electron chi connectivity index (χ0n) is 17.6. The molecule has 0 aromatic rings. The first kappa shape index (κ1) is 25.0. The topological polar surface area (TPSA) is 46.5 Å². The van der Waals surface area contributed by atoms with E-state index in [0.29, 0.717) is 13.0 Å². The van der Waals surface area contributed by atoms with Crippen molar-refractivity contribution in [2.75, 3.05) is 6.61 Å². The summed E-state index contributed by atoms with van der Waals surface area (Å²) >= 11 is 0. The van der Waals surface area contributed by atoms with E-state index in [-0.39, 0.29) is 5.97 Å². The largest absolute Gasteiger partial charge is 0.466 e. The van der Waals surface area contributed by atoms with Crippen molar-refractivity contribution in [1.29, 1.82) is 0 Å². The third-order valence-electron chi connectivity index (χ3n) is 4.61. The maximum absolute atomic E-state index is 11.2. The van der Waals surface area contributed by atoms with E-state index in [1.54, 1.807) is 0 Å². The van der Waals surface area contributed by atoms with Crippen LogP contribution in [-0.4, -0.2) is 23.3 Å². The Bertz CT molecular complexity index is 390. The molecule has 1 atom stereocenters. The predicted molar refractivity (Wildman–Crippen MR) is 110 cm³/mol. The van der Waals surface area contributed by atoms with Crippen molar-refractivity contribution in [2.45, 2.75) is 123 Å². The Morgan fingerprint density at radius 3 is 1.96 bits per heavy atom. The highest BCUT2D eigenvalue weighted by molar-refractivity contribution is 5.69. The van der Waals surface area contributed by atoms with Gasteiger partial charge in [0.25, 0.3) is 0 Å². The number of ether oxygens (including phenoxy) is 1. The van der Waals surface area contributed by atoms with E-state index in [1.165, 1.54) is 44.9 Å². The van der Waals surface area contributed by atoms with Crippen LogP contribution in [0.2, 0.25) is 0 Å². The SMILES string of the molecule is CCCCC(C)(O)C#CCCCCCCCCCCCCC(=O)OCC. The lowest BCUT2D eigenvalue weighted by atomic mass is 9.99. The molecule has 0 amide bonds. The highest BCUT2D eigenvalue weighted by Gasteiger charge is 2.14. The molecule has 0 rings (SSSR count). The molecular weight excluding hydrogens is 324 g/mol. The van der Waals surface area contributed by atoms with Gasteiger partial charge in [-0.2, -0.15) is 0 Å². The summed E-state index contributed by atoms with van der Waals surface area (Å²) in [6.07, 6.45) is 16.6. The summed E-state index contributed by atoms with van der Waals surface area (Å²) in [5.41, 5.74) is -0.799. The first-order chi connectivity index (χ1) is 12.5. The molecule has 3 nitrogen and oxygen atoms in total.